The molecule has 2 aliphatic carbocycles. The molecule has 0 radical (unpaired) electrons. The first-order valence-electron chi connectivity index (χ1n) is 17.3. The maximum atomic E-state index is 2.42. The van der Waals surface area contributed by atoms with Crippen molar-refractivity contribution in [3.8, 4) is 22.3 Å². The van der Waals surface area contributed by atoms with Crippen molar-refractivity contribution in [3.63, 3.8) is 0 Å². The lowest BCUT2D eigenvalue weighted by Gasteiger charge is -2.48. The Morgan fingerprint density at radius 1 is 0.375 bits per heavy atom. The molecule has 7 aromatic carbocycles. The van der Waals surface area contributed by atoms with Gasteiger partial charge in [0.15, 0.2) is 0 Å². The van der Waals surface area contributed by atoms with Crippen LogP contribution in [0.5, 0.6) is 0 Å². The van der Waals surface area contributed by atoms with Gasteiger partial charge in [-0.05, 0) is 113 Å². The van der Waals surface area contributed by atoms with Gasteiger partial charge in [0.25, 0.3) is 0 Å². The molecule has 0 unspecified atom stereocenters. The third-order valence-electron chi connectivity index (χ3n) is 12.2. The molecule has 0 spiro atoms. The molecule has 0 aliphatic heterocycles. The van der Waals surface area contributed by atoms with Crippen LogP contribution in [0, 0.1) is 0 Å². The van der Waals surface area contributed by atoms with Crippen LogP contribution >= 0.6 is 0 Å². The van der Waals surface area contributed by atoms with Gasteiger partial charge in [-0.2, -0.15) is 0 Å². The molecular formula is C47H41N. The summed E-state index contributed by atoms with van der Waals surface area (Å²) in [4.78, 5) is 2.41. The van der Waals surface area contributed by atoms with Crippen molar-refractivity contribution in [2.45, 2.75) is 57.8 Å². The van der Waals surface area contributed by atoms with E-state index in [1.807, 2.05) is 0 Å². The van der Waals surface area contributed by atoms with Crippen molar-refractivity contribution in [1.29, 1.82) is 0 Å². The molecule has 2 aliphatic rings. The van der Waals surface area contributed by atoms with Crippen LogP contribution in [-0.4, -0.2) is 0 Å². The van der Waals surface area contributed by atoms with Crippen molar-refractivity contribution >= 4 is 38.6 Å². The molecule has 0 aromatic heterocycles. The third kappa shape index (κ3) is 3.85. The summed E-state index contributed by atoms with van der Waals surface area (Å²) in [7, 11) is 0. The lowest BCUT2D eigenvalue weighted by atomic mass is 9.55. The topological polar surface area (TPSA) is 3.24 Å². The Labute approximate surface area is 284 Å². The minimum atomic E-state index is -0.0614. The number of hydrogen-bond donors (Lipinski definition) is 0. The lowest BCUT2D eigenvalue weighted by molar-refractivity contribution is 0.299. The minimum Gasteiger partial charge on any atom is -0.310 e. The van der Waals surface area contributed by atoms with Crippen molar-refractivity contribution in [3.05, 3.63) is 162 Å². The first-order valence-corrected chi connectivity index (χ1v) is 17.3. The van der Waals surface area contributed by atoms with E-state index in [0.29, 0.717) is 0 Å². The number of rotatable bonds is 3. The van der Waals surface area contributed by atoms with E-state index in [1.54, 1.807) is 0 Å². The smallest absolute Gasteiger partial charge is 0.0468 e. The molecule has 0 bridgehead atoms. The average Bonchev–Trinajstić information content (AvgIpc) is 3.33. The Balaban J connectivity index is 1.22. The monoisotopic (exact) mass is 619 g/mol. The van der Waals surface area contributed by atoms with Crippen LogP contribution in [0.3, 0.4) is 0 Å². The van der Waals surface area contributed by atoms with Gasteiger partial charge < -0.3 is 4.90 Å². The number of hydrogen-bond acceptors (Lipinski definition) is 1. The van der Waals surface area contributed by atoms with E-state index < -0.39 is 0 Å². The van der Waals surface area contributed by atoms with Gasteiger partial charge in [-0.15, -0.1) is 0 Å². The average molecular weight is 620 g/mol. The lowest BCUT2D eigenvalue weighted by Crippen LogP contribution is -2.43. The molecule has 7 aromatic rings. The Kier molecular flexibility index (Phi) is 6.01. The maximum absolute atomic E-state index is 2.42. The molecule has 1 nitrogen and oxygen atoms in total. The van der Waals surface area contributed by atoms with Gasteiger partial charge in [0.05, 0.1) is 0 Å². The fourth-order valence-electron chi connectivity index (χ4n) is 8.86. The highest BCUT2D eigenvalue weighted by Crippen LogP contribution is 2.56. The molecule has 9 rings (SSSR count). The molecule has 0 saturated carbocycles. The van der Waals surface area contributed by atoms with Crippen LogP contribution in [0.2, 0.25) is 0 Å². The van der Waals surface area contributed by atoms with Crippen molar-refractivity contribution in [2.24, 2.45) is 0 Å². The molecule has 0 fully saturated rings. The number of para-hydroxylation sites is 1. The zero-order valence-corrected chi connectivity index (χ0v) is 28.7. The number of benzene rings is 7. The fourth-order valence-corrected chi connectivity index (χ4v) is 8.86. The summed E-state index contributed by atoms with van der Waals surface area (Å²) in [6, 6.07) is 52.3. The standard InChI is InChI=1S/C47H41N/c1-45(2)40-18-12-10-16-36(40)37-25-22-33(29-43(37)45)48(31-14-8-7-9-15-31)32-21-24-34-30(28-32)20-23-38-35(34)26-27-42-44(38)39-17-11-13-19-41(39)46(3,4)47(42,5)6/h7-29H,1-6H3. The summed E-state index contributed by atoms with van der Waals surface area (Å²) in [6.45, 7) is 14.3. The first kappa shape index (κ1) is 29.0. The van der Waals surface area contributed by atoms with Gasteiger partial charge in [-0.1, -0.05) is 145 Å². The Morgan fingerprint density at radius 3 is 1.75 bits per heavy atom. The van der Waals surface area contributed by atoms with Crippen LogP contribution < -0.4 is 4.90 Å². The summed E-state index contributed by atoms with van der Waals surface area (Å²) in [5, 5.41) is 5.19. The summed E-state index contributed by atoms with van der Waals surface area (Å²) in [5.74, 6) is 0. The van der Waals surface area contributed by atoms with Crippen molar-refractivity contribution in [1.82, 2.24) is 0 Å². The Bertz CT molecular complexity index is 2430. The summed E-state index contributed by atoms with van der Waals surface area (Å²) < 4.78 is 0. The number of anilines is 3. The summed E-state index contributed by atoms with van der Waals surface area (Å²) in [5.41, 5.74) is 14.6. The quantitative estimate of drug-likeness (QED) is 0.178. The molecule has 234 valence electrons. The van der Waals surface area contributed by atoms with Crippen LogP contribution in [0.1, 0.15) is 63.8 Å². The van der Waals surface area contributed by atoms with E-state index >= 15 is 0 Å². The van der Waals surface area contributed by atoms with E-state index in [0.717, 1.165) is 11.4 Å². The second kappa shape index (κ2) is 9.94. The molecule has 0 N–H and O–H groups in total. The number of nitrogens with zero attached hydrogens (tertiary/aromatic N) is 1. The fraction of sp³-hybridized carbons (Fsp3) is 0.191. The van der Waals surface area contributed by atoms with Crippen molar-refractivity contribution in [2.75, 3.05) is 4.90 Å². The normalized spacial score (nSPS) is 16.2. The van der Waals surface area contributed by atoms with Crippen LogP contribution in [-0.2, 0) is 16.2 Å². The van der Waals surface area contributed by atoms with Gasteiger partial charge in [0, 0.05) is 22.5 Å². The second-order valence-corrected chi connectivity index (χ2v) is 15.4. The van der Waals surface area contributed by atoms with Crippen LogP contribution in [0.25, 0.3) is 43.8 Å². The van der Waals surface area contributed by atoms with Gasteiger partial charge >= 0.3 is 0 Å². The Hall–Kier alpha value is -5.14. The molecule has 0 atom stereocenters. The third-order valence-corrected chi connectivity index (χ3v) is 12.2. The molecule has 0 saturated heterocycles. The largest absolute Gasteiger partial charge is 0.310 e. The molecule has 1 heteroatoms. The molecular weight excluding hydrogens is 579 g/mol. The predicted octanol–water partition coefficient (Wildman–Crippen LogP) is 13.0. The summed E-state index contributed by atoms with van der Waals surface area (Å²) >= 11 is 0. The zero-order chi connectivity index (χ0) is 33.0. The summed E-state index contributed by atoms with van der Waals surface area (Å²) in [6.07, 6.45) is 0. The SMILES string of the molecule is CC1(C)c2ccccc2-c2ccc(N(c3ccccc3)c3ccc4c(ccc5c6c(ccc54)C(C)(C)C(C)(C)c4ccccc4-6)c3)cc21. The maximum Gasteiger partial charge on any atom is 0.0468 e. The molecule has 0 heterocycles. The molecule has 0 amide bonds. The van der Waals surface area contributed by atoms with Crippen molar-refractivity contribution < 1.29 is 0 Å². The second-order valence-electron chi connectivity index (χ2n) is 15.4. The Morgan fingerprint density at radius 2 is 0.958 bits per heavy atom. The number of fused-ring (bicyclic) bond motifs is 10. The van der Waals surface area contributed by atoms with E-state index in [2.05, 4.69) is 186 Å². The molecule has 48 heavy (non-hydrogen) atoms. The van der Waals surface area contributed by atoms with E-state index in [9.17, 15) is 0 Å². The van der Waals surface area contributed by atoms with Crippen LogP contribution in [0.4, 0.5) is 17.1 Å². The van der Waals surface area contributed by atoms with E-state index in [1.165, 1.54) is 71.7 Å². The zero-order valence-electron chi connectivity index (χ0n) is 28.7. The highest BCUT2D eigenvalue weighted by atomic mass is 15.1. The van der Waals surface area contributed by atoms with Crippen LogP contribution in [0.15, 0.2) is 140 Å². The first-order chi connectivity index (χ1) is 23.1. The highest BCUT2D eigenvalue weighted by Gasteiger charge is 2.46. The van der Waals surface area contributed by atoms with Gasteiger partial charge in [-0.25, -0.2) is 0 Å². The highest BCUT2D eigenvalue weighted by molar-refractivity contribution is 6.14. The van der Waals surface area contributed by atoms with Gasteiger partial charge in [0.1, 0.15) is 0 Å². The van der Waals surface area contributed by atoms with E-state index in [4.69, 9.17) is 0 Å². The predicted molar refractivity (Wildman–Crippen MR) is 205 cm³/mol. The van der Waals surface area contributed by atoms with Gasteiger partial charge in [-0.3, -0.25) is 0 Å². The van der Waals surface area contributed by atoms with Gasteiger partial charge in [0.2, 0.25) is 0 Å². The minimum absolute atomic E-state index is 0.00826. The van der Waals surface area contributed by atoms with E-state index in [-0.39, 0.29) is 16.2 Å².